The second kappa shape index (κ2) is 8.30. The summed E-state index contributed by atoms with van der Waals surface area (Å²) >= 11 is 6.27. The first-order valence-corrected chi connectivity index (χ1v) is 11.6. The van der Waals surface area contributed by atoms with E-state index in [-0.39, 0.29) is 28.4 Å². The molecule has 0 spiro atoms. The highest BCUT2D eigenvalue weighted by Gasteiger charge is 2.30. The molecule has 1 aliphatic rings. The lowest BCUT2D eigenvalue weighted by atomic mass is 9.87. The Labute approximate surface area is 182 Å². The Morgan fingerprint density at radius 3 is 2.52 bits per heavy atom. The van der Waals surface area contributed by atoms with Crippen molar-refractivity contribution in [1.29, 1.82) is 0 Å². The van der Waals surface area contributed by atoms with Crippen molar-refractivity contribution in [3.63, 3.8) is 0 Å². The summed E-state index contributed by atoms with van der Waals surface area (Å²) in [6.45, 7) is 1.49. The van der Waals surface area contributed by atoms with Crippen LogP contribution in [0.4, 0.5) is 0 Å². The molecule has 10 heteroatoms. The van der Waals surface area contributed by atoms with Gasteiger partial charge in [-0.25, -0.2) is 4.57 Å². The van der Waals surface area contributed by atoms with Crippen molar-refractivity contribution in [2.24, 2.45) is 0 Å². The smallest absolute Gasteiger partial charge is 0.507 e. The molecular formula is C21H21ClNO7P. The highest BCUT2D eigenvalue weighted by atomic mass is 35.5. The molecule has 0 saturated carbocycles. The molecule has 0 atom stereocenters. The highest BCUT2D eigenvalue weighted by Crippen LogP contribution is 2.48. The quantitative estimate of drug-likeness (QED) is 0.492. The van der Waals surface area contributed by atoms with Gasteiger partial charge in [-0.1, -0.05) is 23.7 Å². The van der Waals surface area contributed by atoms with E-state index in [0.29, 0.717) is 29.0 Å². The third kappa shape index (κ3) is 4.49. The molecule has 2 aromatic carbocycles. The van der Waals surface area contributed by atoms with Gasteiger partial charge < -0.3 is 18.9 Å². The lowest BCUT2D eigenvalue weighted by Gasteiger charge is -2.30. The summed E-state index contributed by atoms with van der Waals surface area (Å²) in [5.74, 6) is -0.683. The number of piperidine rings is 1. The fraction of sp³-hybridized carbons (Fsp3) is 0.286. The molecular weight excluding hydrogens is 445 g/mol. The molecule has 1 fully saturated rings. The minimum absolute atomic E-state index is 0.0421. The molecule has 1 saturated heterocycles. The number of benzene rings is 2. The number of halogens is 1. The lowest BCUT2D eigenvalue weighted by Crippen LogP contribution is -2.29. The van der Waals surface area contributed by atoms with Crippen LogP contribution in [0.1, 0.15) is 24.3 Å². The molecule has 164 valence electrons. The van der Waals surface area contributed by atoms with E-state index in [4.69, 9.17) is 20.5 Å². The van der Waals surface area contributed by atoms with Gasteiger partial charge in [0.25, 0.3) is 0 Å². The second-order valence-corrected chi connectivity index (χ2v) is 9.20. The molecule has 3 aromatic rings. The zero-order chi connectivity index (χ0) is 22.3. The summed E-state index contributed by atoms with van der Waals surface area (Å²) in [4.78, 5) is 33.9. The zero-order valence-electron chi connectivity index (χ0n) is 16.6. The Morgan fingerprint density at radius 1 is 1.19 bits per heavy atom. The van der Waals surface area contributed by atoms with E-state index in [9.17, 15) is 24.3 Å². The predicted molar refractivity (Wildman–Crippen MR) is 117 cm³/mol. The number of fused-ring (bicyclic) bond motifs is 1. The first-order chi connectivity index (χ1) is 14.6. The van der Waals surface area contributed by atoms with Gasteiger partial charge in [-0.2, -0.15) is 0 Å². The molecule has 1 aliphatic heterocycles. The Morgan fingerprint density at radius 2 is 1.87 bits per heavy atom. The topological polar surface area (TPSA) is 120 Å². The van der Waals surface area contributed by atoms with E-state index < -0.39 is 19.0 Å². The average molecular weight is 466 g/mol. The number of aromatic hydroxyl groups is 1. The number of likely N-dealkylation sites (tertiary alicyclic amines) is 1. The van der Waals surface area contributed by atoms with Gasteiger partial charge in [0.15, 0.2) is 5.43 Å². The van der Waals surface area contributed by atoms with Crippen LogP contribution < -0.4 is 9.95 Å². The summed E-state index contributed by atoms with van der Waals surface area (Å²) in [5.41, 5.74) is 0.388. The molecule has 31 heavy (non-hydrogen) atoms. The van der Waals surface area contributed by atoms with Crippen LogP contribution in [-0.4, -0.2) is 39.9 Å². The standard InChI is InChI=1S/C21H21ClNO7P/c1-23-8-6-12(7-9-23)19-18(30-31(26,27)28)11-16(25)20-15(24)10-17(29-21(19)20)13-4-2-3-5-14(13)22/h2-5,10-12,25H,6-9H2,1H3,(H2,26,27,28). The van der Waals surface area contributed by atoms with Gasteiger partial charge in [-0.3, -0.25) is 14.6 Å². The van der Waals surface area contributed by atoms with Crippen LogP contribution in [0.2, 0.25) is 5.02 Å². The molecule has 0 radical (unpaired) electrons. The average Bonchev–Trinajstić information content (AvgIpc) is 2.68. The first kappa shape index (κ1) is 21.9. The van der Waals surface area contributed by atoms with Crippen LogP contribution in [0.15, 0.2) is 45.6 Å². The maximum Gasteiger partial charge on any atom is 0.524 e. The Bertz CT molecular complexity index is 1240. The highest BCUT2D eigenvalue weighted by molar-refractivity contribution is 7.46. The first-order valence-electron chi connectivity index (χ1n) is 9.66. The third-order valence-electron chi connectivity index (χ3n) is 5.47. The zero-order valence-corrected chi connectivity index (χ0v) is 18.3. The van der Waals surface area contributed by atoms with Crippen molar-refractivity contribution < 1.29 is 28.4 Å². The number of phenolic OH excluding ortho intramolecular Hbond substituents is 1. The van der Waals surface area contributed by atoms with E-state index in [1.54, 1.807) is 24.3 Å². The van der Waals surface area contributed by atoms with Crippen molar-refractivity contribution in [2.75, 3.05) is 20.1 Å². The van der Waals surface area contributed by atoms with Gasteiger partial charge in [0.05, 0.1) is 5.02 Å². The summed E-state index contributed by atoms with van der Waals surface area (Å²) in [6.07, 6.45) is 1.32. The Balaban J connectivity index is 2.02. The minimum Gasteiger partial charge on any atom is -0.507 e. The van der Waals surface area contributed by atoms with Crippen LogP contribution in [0.5, 0.6) is 11.5 Å². The van der Waals surface area contributed by atoms with E-state index in [1.165, 1.54) is 6.07 Å². The van der Waals surface area contributed by atoms with E-state index in [2.05, 4.69) is 4.90 Å². The Kier molecular flexibility index (Phi) is 5.85. The Hall–Kier alpha value is -2.35. The third-order valence-corrected chi connectivity index (χ3v) is 6.23. The molecule has 0 aliphatic carbocycles. The second-order valence-electron chi connectivity index (χ2n) is 7.63. The van der Waals surface area contributed by atoms with E-state index in [0.717, 1.165) is 19.2 Å². The van der Waals surface area contributed by atoms with Crippen LogP contribution in [0, 0.1) is 0 Å². The van der Waals surface area contributed by atoms with Crippen LogP contribution >= 0.6 is 19.4 Å². The fourth-order valence-corrected chi connectivity index (χ4v) is 4.63. The van der Waals surface area contributed by atoms with Crippen LogP contribution in [0.25, 0.3) is 22.3 Å². The minimum atomic E-state index is -4.93. The lowest BCUT2D eigenvalue weighted by molar-refractivity contribution is 0.250. The summed E-state index contributed by atoms with van der Waals surface area (Å²) in [6, 6.07) is 9.15. The van der Waals surface area contributed by atoms with Crippen LogP contribution in [0.3, 0.4) is 0 Å². The number of hydrogen-bond acceptors (Lipinski definition) is 6. The van der Waals surface area contributed by atoms with Gasteiger partial charge in [0.2, 0.25) is 0 Å². The van der Waals surface area contributed by atoms with Crippen molar-refractivity contribution in [2.45, 2.75) is 18.8 Å². The number of phosphoric ester groups is 1. The monoisotopic (exact) mass is 465 g/mol. The van der Waals surface area contributed by atoms with Crippen LogP contribution in [-0.2, 0) is 4.57 Å². The number of phenols is 1. The molecule has 0 unspecified atom stereocenters. The van der Waals surface area contributed by atoms with Crippen molar-refractivity contribution in [3.8, 4) is 22.8 Å². The fourth-order valence-electron chi connectivity index (χ4n) is 3.99. The molecule has 4 rings (SSSR count). The molecule has 0 amide bonds. The number of hydrogen-bond donors (Lipinski definition) is 3. The van der Waals surface area contributed by atoms with E-state index >= 15 is 0 Å². The number of nitrogens with zero attached hydrogens (tertiary/aromatic N) is 1. The van der Waals surface area contributed by atoms with Gasteiger partial charge >= 0.3 is 7.82 Å². The van der Waals surface area contributed by atoms with Crippen molar-refractivity contribution in [3.05, 3.63) is 57.2 Å². The molecule has 0 bridgehead atoms. The van der Waals surface area contributed by atoms with Gasteiger partial charge in [0.1, 0.15) is 28.2 Å². The van der Waals surface area contributed by atoms with Crippen molar-refractivity contribution in [1.82, 2.24) is 4.90 Å². The number of rotatable bonds is 4. The number of phosphoric acid groups is 1. The molecule has 8 nitrogen and oxygen atoms in total. The molecule has 3 N–H and O–H groups in total. The van der Waals surface area contributed by atoms with E-state index in [1.807, 2.05) is 7.05 Å². The maximum absolute atomic E-state index is 12.9. The molecule has 1 aromatic heterocycles. The van der Waals surface area contributed by atoms with Crippen molar-refractivity contribution >= 4 is 30.4 Å². The maximum atomic E-state index is 12.9. The summed E-state index contributed by atoms with van der Waals surface area (Å²) in [7, 11) is -2.95. The van der Waals surface area contributed by atoms with Gasteiger partial charge in [-0.15, -0.1) is 0 Å². The largest absolute Gasteiger partial charge is 0.524 e. The summed E-state index contributed by atoms with van der Waals surface area (Å²) in [5, 5.41) is 10.8. The molecule has 2 heterocycles. The normalized spacial score (nSPS) is 16.0. The SMILES string of the molecule is CN1CCC(c2c(OP(=O)(O)O)cc(O)c3c(=O)cc(-c4ccccc4Cl)oc23)CC1. The van der Waals surface area contributed by atoms with Gasteiger partial charge in [-0.05, 0) is 51.0 Å². The predicted octanol–water partition coefficient (Wildman–Crippen LogP) is 4.10. The summed E-state index contributed by atoms with van der Waals surface area (Å²) < 4.78 is 22.6. The van der Waals surface area contributed by atoms with Gasteiger partial charge in [0, 0.05) is 23.3 Å².